The van der Waals surface area contributed by atoms with Gasteiger partial charge in [-0.05, 0) is 24.6 Å². The van der Waals surface area contributed by atoms with Gasteiger partial charge < -0.3 is 10.1 Å². The van der Waals surface area contributed by atoms with Crippen LogP contribution in [0.3, 0.4) is 0 Å². The molecular formula is C12H15NO2. The standard InChI is InChI=1S/C12H15NO2/c1-9(2)12(14)13-8-10-4-6-11(15-3)7-5-10/h4-7H,1,8H2,2-3H3,(H,13,14). The molecule has 0 saturated carbocycles. The number of benzene rings is 1. The van der Waals surface area contributed by atoms with Crippen molar-refractivity contribution in [1.29, 1.82) is 0 Å². The van der Waals surface area contributed by atoms with Crippen molar-refractivity contribution >= 4 is 5.91 Å². The Morgan fingerprint density at radius 2 is 2.00 bits per heavy atom. The van der Waals surface area contributed by atoms with Crippen molar-refractivity contribution in [1.82, 2.24) is 5.32 Å². The second kappa shape index (κ2) is 5.20. The molecule has 0 atom stereocenters. The Bertz CT molecular complexity index is 354. The van der Waals surface area contributed by atoms with Gasteiger partial charge in [0.15, 0.2) is 0 Å². The molecule has 1 rings (SSSR count). The molecule has 0 bridgehead atoms. The lowest BCUT2D eigenvalue weighted by Gasteiger charge is -2.05. The molecule has 3 heteroatoms. The van der Waals surface area contributed by atoms with Crippen LogP contribution in [0.2, 0.25) is 0 Å². The Balaban J connectivity index is 2.51. The molecule has 0 aliphatic rings. The van der Waals surface area contributed by atoms with Crippen LogP contribution in [0.1, 0.15) is 12.5 Å². The predicted molar refractivity (Wildman–Crippen MR) is 59.7 cm³/mol. The smallest absolute Gasteiger partial charge is 0.246 e. The van der Waals surface area contributed by atoms with E-state index in [1.807, 2.05) is 24.3 Å². The Morgan fingerprint density at radius 1 is 1.40 bits per heavy atom. The van der Waals surface area contributed by atoms with Crippen LogP contribution in [-0.2, 0) is 11.3 Å². The SMILES string of the molecule is C=C(C)C(=O)NCc1ccc(OC)cc1. The minimum absolute atomic E-state index is 0.120. The fraction of sp³-hybridized carbons (Fsp3) is 0.250. The molecule has 1 N–H and O–H groups in total. The molecule has 1 aromatic carbocycles. The van der Waals surface area contributed by atoms with Crippen molar-refractivity contribution in [3.8, 4) is 5.75 Å². The van der Waals surface area contributed by atoms with Crippen LogP contribution in [0.4, 0.5) is 0 Å². The predicted octanol–water partition coefficient (Wildman–Crippen LogP) is 1.89. The molecule has 0 fully saturated rings. The van der Waals surface area contributed by atoms with Crippen LogP contribution >= 0.6 is 0 Å². The number of methoxy groups -OCH3 is 1. The third kappa shape index (κ3) is 3.46. The number of amides is 1. The van der Waals surface area contributed by atoms with E-state index in [1.54, 1.807) is 14.0 Å². The van der Waals surface area contributed by atoms with E-state index < -0.39 is 0 Å². The van der Waals surface area contributed by atoms with Gasteiger partial charge >= 0.3 is 0 Å². The average Bonchev–Trinajstić information content (AvgIpc) is 2.26. The lowest BCUT2D eigenvalue weighted by Crippen LogP contribution is -2.22. The molecule has 0 heterocycles. The molecule has 80 valence electrons. The highest BCUT2D eigenvalue weighted by molar-refractivity contribution is 5.91. The van der Waals surface area contributed by atoms with Gasteiger partial charge in [0.25, 0.3) is 0 Å². The number of carbonyl (C=O) groups excluding carboxylic acids is 1. The first-order valence-corrected chi connectivity index (χ1v) is 4.70. The highest BCUT2D eigenvalue weighted by Gasteiger charge is 2.00. The van der Waals surface area contributed by atoms with Gasteiger partial charge in [-0.3, -0.25) is 4.79 Å². The first-order chi connectivity index (χ1) is 7.13. The van der Waals surface area contributed by atoms with Crippen molar-refractivity contribution < 1.29 is 9.53 Å². The van der Waals surface area contributed by atoms with Crippen molar-refractivity contribution in [3.63, 3.8) is 0 Å². The summed E-state index contributed by atoms with van der Waals surface area (Å²) >= 11 is 0. The van der Waals surface area contributed by atoms with E-state index in [1.165, 1.54) is 0 Å². The number of hydrogen-bond donors (Lipinski definition) is 1. The minimum Gasteiger partial charge on any atom is -0.497 e. The topological polar surface area (TPSA) is 38.3 Å². The lowest BCUT2D eigenvalue weighted by atomic mass is 10.2. The Labute approximate surface area is 89.8 Å². The molecule has 0 saturated heterocycles. The van der Waals surface area contributed by atoms with Gasteiger partial charge in [0.2, 0.25) is 5.91 Å². The highest BCUT2D eigenvalue weighted by atomic mass is 16.5. The maximum atomic E-state index is 11.2. The molecule has 0 aliphatic carbocycles. The van der Waals surface area contributed by atoms with E-state index in [9.17, 15) is 4.79 Å². The normalized spacial score (nSPS) is 9.47. The van der Waals surface area contributed by atoms with Crippen LogP contribution in [0.15, 0.2) is 36.4 Å². The molecule has 0 radical (unpaired) electrons. The first-order valence-electron chi connectivity index (χ1n) is 4.70. The summed E-state index contributed by atoms with van der Waals surface area (Å²) in [5.74, 6) is 0.691. The zero-order valence-corrected chi connectivity index (χ0v) is 9.04. The Morgan fingerprint density at radius 3 is 2.47 bits per heavy atom. The molecule has 1 aromatic rings. The van der Waals surface area contributed by atoms with Crippen molar-refractivity contribution in [2.45, 2.75) is 13.5 Å². The Kier molecular flexibility index (Phi) is 3.92. The molecular weight excluding hydrogens is 190 g/mol. The average molecular weight is 205 g/mol. The second-order valence-corrected chi connectivity index (χ2v) is 3.31. The number of hydrogen-bond acceptors (Lipinski definition) is 2. The van der Waals surface area contributed by atoms with Gasteiger partial charge in [-0.1, -0.05) is 18.7 Å². The monoisotopic (exact) mass is 205 g/mol. The van der Waals surface area contributed by atoms with Gasteiger partial charge in [0.05, 0.1) is 7.11 Å². The zero-order chi connectivity index (χ0) is 11.3. The molecule has 0 unspecified atom stereocenters. The molecule has 0 spiro atoms. The summed E-state index contributed by atoms with van der Waals surface area (Å²) in [6, 6.07) is 7.56. The third-order valence-electron chi connectivity index (χ3n) is 2.00. The van der Waals surface area contributed by atoms with Gasteiger partial charge in [0.1, 0.15) is 5.75 Å². The van der Waals surface area contributed by atoms with Gasteiger partial charge in [-0.15, -0.1) is 0 Å². The van der Waals surface area contributed by atoms with Crippen LogP contribution < -0.4 is 10.1 Å². The van der Waals surface area contributed by atoms with Crippen molar-refractivity contribution in [2.75, 3.05) is 7.11 Å². The van der Waals surface area contributed by atoms with Gasteiger partial charge in [0, 0.05) is 12.1 Å². The van der Waals surface area contributed by atoms with Crippen LogP contribution in [0.25, 0.3) is 0 Å². The Hall–Kier alpha value is -1.77. The summed E-state index contributed by atoms with van der Waals surface area (Å²) < 4.78 is 5.03. The molecule has 1 amide bonds. The van der Waals surface area contributed by atoms with E-state index >= 15 is 0 Å². The third-order valence-corrected chi connectivity index (χ3v) is 2.00. The van der Waals surface area contributed by atoms with E-state index in [0.717, 1.165) is 11.3 Å². The number of ether oxygens (including phenoxy) is 1. The quantitative estimate of drug-likeness (QED) is 0.762. The van der Waals surface area contributed by atoms with Gasteiger partial charge in [-0.2, -0.15) is 0 Å². The van der Waals surface area contributed by atoms with Crippen molar-refractivity contribution in [3.05, 3.63) is 42.0 Å². The fourth-order valence-corrected chi connectivity index (χ4v) is 1.08. The fourth-order valence-electron chi connectivity index (χ4n) is 1.08. The summed E-state index contributed by atoms with van der Waals surface area (Å²) in [4.78, 5) is 11.2. The maximum Gasteiger partial charge on any atom is 0.246 e. The number of carbonyl (C=O) groups is 1. The molecule has 0 aromatic heterocycles. The van der Waals surface area contributed by atoms with E-state index in [-0.39, 0.29) is 5.91 Å². The lowest BCUT2D eigenvalue weighted by molar-refractivity contribution is -0.117. The zero-order valence-electron chi connectivity index (χ0n) is 9.04. The van der Waals surface area contributed by atoms with Crippen LogP contribution in [-0.4, -0.2) is 13.0 Å². The van der Waals surface area contributed by atoms with Gasteiger partial charge in [-0.25, -0.2) is 0 Å². The summed E-state index contributed by atoms with van der Waals surface area (Å²) in [5, 5.41) is 2.76. The van der Waals surface area contributed by atoms with E-state index in [2.05, 4.69) is 11.9 Å². The summed E-state index contributed by atoms with van der Waals surface area (Å²) in [6.07, 6.45) is 0. The molecule has 3 nitrogen and oxygen atoms in total. The molecule has 0 aliphatic heterocycles. The summed E-state index contributed by atoms with van der Waals surface area (Å²) in [7, 11) is 1.62. The second-order valence-electron chi connectivity index (χ2n) is 3.31. The molecule has 15 heavy (non-hydrogen) atoms. The largest absolute Gasteiger partial charge is 0.497 e. The van der Waals surface area contributed by atoms with Crippen LogP contribution in [0.5, 0.6) is 5.75 Å². The van der Waals surface area contributed by atoms with Crippen molar-refractivity contribution in [2.24, 2.45) is 0 Å². The minimum atomic E-state index is -0.120. The summed E-state index contributed by atoms with van der Waals surface area (Å²) in [5.41, 5.74) is 1.55. The summed E-state index contributed by atoms with van der Waals surface area (Å²) in [6.45, 7) is 5.76. The highest BCUT2D eigenvalue weighted by Crippen LogP contribution is 2.10. The number of rotatable bonds is 4. The first kappa shape index (κ1) is 11.3. The maximum absolute atomic E-state index is 11.2. The van der Waals surface area contributed by atoms with E-state index in [0.29, 0.717) is 12.1 Å². The van der Waals surface area contributed by atoms with E-state index in [4.69, 9.17) is 4.74 Å². The number of nitrogens with one attached hydrogen (secondary N) is 1. The van der Waals surface area contributed by atoms with Crippen LogP contribution in [0, 0.1) is 0 Å².